The van der Waals surface area contributed by atoms with Crippen LogP contribution in [0.25, 0.3) is 0 Å². The highest BCUT2D eigenvalue weighted by Gasteiger charge is 2.29. The highest BCUT2D eigenvalue weighted by atomic mass is 32.2. The van der Waals surface area contributed by atoms with E-state index in [1.807, 2.05) is 26.0 Å². The van der Waals surface area contributed by atoms with Gasteiger partial charge in [0.2, 0.25) is 10.0 Å². The van der Waals surface area contributed by atoms with Crippen molar-refractivity contribution in [3.05, 3.63) is 41.7 Å². The van der Waals surface area contributed by atoms with Crippen molar-refractivity contribution in [1.82, 2.24) is 19.2 Å². The van der Waals surface area contributed by atoms with Crippen LogP contribution in [0.5, 0.6) is 0 Å². The number of hydrogen-bond acceptors (Lipinski definition) is 7. The fourth-order valence-electron chi connectivity index (χ4n) is 3.90. The maximum absolute atomic E-state index is 13.1. The molecule has 1 aromatic heterocycles. The first-order valence-corrected chi connectivity index (χ1v) is 11.9. The van der Waals surface area contributed by atoms with E-state index in [0.29, 0.717) is 31.1 Å². The molecule has 0 bridgehead atoms. The molecule has 0 amide bonds. The van der Waals surface area contributed by atoms with Gasteiger partial charge in [0, 0.05) is 58.4 Å². The Morgan fingerprint density at radius 3 is 1.90 bits per heavy atom. The van der Waals surface area contributed by atoms with Gasteiger partial charge in [-0.05, 0) is 44.2 Å². The molecule has 2 fully saturated rings. The summed E-state index contributed by atoms with van der Waals surface area (Å²) >= 11 is 0. The van der Waals surface area contributed by atoms with Gasteiger partial charge in [0.15, 0.2) is 0 Å². The molecule has 2 aliphatic heterocycles. The van der Waals surface area contributed by atoms with Crippen molar-refractivity contribution in [2.75, 3.05) is 69.2 Å². The van der Waals surface area contributed by atoms with Crippen molar-refractivity contribution in [3.63, 3.8) is 0 Å². The molecule has 0 unspecified atom stereocenters. The molecule has 2 saturated heterocycles. The molecule has 162 valence electrons. The predicted octanol–water partition coefficient (Wildman–Crippen LogP) is 1.36. The minimum atomic E-state index is -3.48. The fourth-order valence-corrected chi connectivity index (χ4v) is 5.41. The van der Waals surface area contributed by atoms with Crippen molar-refractivity contribution in [3.8, 4) is 0 Å². The summed E-state index contributed by atoms with van der Waals surface area (Å²) < 4.78 is 27.7. The van der Waals surface area contributed by atoms with E-state index >= 15 is 0 Å². The highest BCUT2D eigenvalue weighted by Crippen LogP contribution is 2.23. The number of likely N-dealkylation sites (N-methyl/N-ethyl adjacent to an activating group) is 1. The molecule has 4 rings (SSSR count). The van der Waals surface area contributed by atoms with Gasteiger partial charge in [-0.25, -0.2) is 18.4 Å². The zero-order chi connectivity index (χ0) is 21.3. The van der Waals surface area contributed by atoms with Gasteiger partial charge in [0.25, 0.3) is 0 Å². The molecule has 30 heavy (non-hydrogen) atoms. The van der Waals surface area contributed by atoms with Crippen LogP contribution in [0.3, 0.4) is 0 Å². The lowest BCUT2D eigenvalue weighted by Crippen LogP contribution is -2.49. The van der Waals surface area contributed by atoms with E-state index in [4.69, 9.17) is 0 Å². The first-order valence-electron chi connectivity index (χ1n) is 10.4. The third-order valence-electron chi connectivity index (χ3n) is 6.14. The van der Waals surface area contributed by atoms with Gasteiger partial charge in [0.05, 0.1) is 4.90 Å². The first-order chi connectivity index (χ1) is 14.3. The third kappa shape index (κ3) is 4.28. The molecule has 0 spiro atoms. The maximum atomic E-state index is 13.1. The smallest absolute Gasteiger partial charge is 0.243 e. The molecule has 2 aromatic rings. The molecule has 0 N–H and O–H groups in total. The topological polar surface area (TPSA) is 72.9 Å². The summed E-state index contributed by atoms with van der Waals surface area (Å²) in [5.41, 5.74) is 2.09. The quantitative estimate of drug-likeness (QED) is 0.725. The van der Waals surface area contributed by atoms with Crippen LogP contribution in [0.15, 0.2) is 35.5 Å². The van der Waals surface area contributed by atoms with Crippen LogP contribution in [-0.2, 0) is 10.0 Å². The number of rotatable bonds is 4. The largest absolute Gasteiger partial charge is 0.354 e. The zero-order valence-electron chi connectivity index (χ0n) is 18.0. The van der Waals surface area contributed by atoms with Gasteiger partial charge in [-0.1, -0.05) is 6.07 Å². The number of anilines is 2. The lowest BCUT2D eigenvalue weighted by atomic mass is 10.1. The Morgan fingerprint density at radius 2 is 1.33 bits per heavy atom. The number of piperazine rings is 2. The van der Waals surface area contributed by atoms with Crippen molar-refractivity contribution >= 4 is 21.7 Å². The Balaban J connectivity index is 1.43. The van der Waals surface area contributed by atoms with Gasteiger partial charge >= 0.3 is 0 Å². The molecule has 8 nitrogen and oxygen atoms in total. The lowest BCUT2D eigenvalue weighted by molar-refractivity contribution is 0.312. The number of nitrogens with zero attached hydrogens (tertiary/aromatic N) is 6. The van der Waals surface area contributed by atoms with E-state index in [-0.39, 0.29) is 0 Å². The number of aryl methyl sites for hydroxylation is 2. The van der Waals surface area contributed by atoms with E-state index in [1.54, 1.807) is 22.8 Å². The van der Waals surface area contributed by atoms with Crippen LogP contribution in [0.2, 0.25) is 0 Å². The lowest BCUT2D eigenvalue weighted by Gasteiger charge is -2.36. The maximum Gasteiger partial charge on any atom is 0.243 e. The van der Waals surface area contributed by atoms with E-state index in [2.05, 4.69) is 31.7 Å². The average molecular weight is 431 g/mol. The number of sulfonamides is 1. The molecule has 0 aliphatic carbocycles. The molecule has 2 aliphatic rings. The summed E-state index contributed by atoms with van der Waals surface area (Å²) in [5.74, 6) is 1.81. The Labute approximate surface area is 179 Å². The Kier molecular flexibility index (Phi) is 5.95. The van der Waals surface area contributed by atoms with Gasteiger partial charge in [-0.2, -0.15) is 4.31 Å². The standard InChI is InChI=1S/C21H30N6O2S/c1-17-4-5-19(14-18(17)2)30(28,29)27-12-10-26(11-13-27)21-15-20(22-16-23-21)25-8-6-24(3)7-9-25/h4-5,14-16H,6-13H2,1-3H3. The Hall–Kier alpha value is -2.23. The predicted molar refractivity (Wildman–Crippen MR) is 119 cm³/mol. The molecular formula is C21H30N6O2S. The number of hydrogen-bond donors (Lipinski definition) is 0. The molecule has 0 atom stereocenters. The van der Waals surface area contributed by atoms with Crippen molar-refractivity contribution in [2.45, 2.75) is 18.7 Å². The van der Waals surface area contributed by atoms with Crippen molar-refractivity contribution in [1.29, 1.82) is 0 Å². The molecule has 1 aromatic carbocycles. The minimum absolute atomic E-state index is 0.374. The second kappa shape index (κ2) is 8.49. The van der Waals surface area contributed by atoms with Gasteiger partial charge in [0.1, 0.15) is 18.0 Å². The Bertz CT molecular complexity index is 996. The van der Waals surface area contributed by atoms with Crippen molar-refractivity contribution < 1.29 is 8.42 Å². The van der Waals surface area contributed by atoms with E-state index in [0.717, 1.165) is 48.9 Å². The average Bonchev–Trinajstić information content (AvgIpc) is 2.76. The summed E-state index contributed by atoms with van der Waals surface area (Å²) in [6, 6.07) is 7.37. The normalized spacial score (nSPS) is 19.3. The van der Waals surface area contributed by atoms with E-state index < -0.39 is 10.0 Å². The van der Waals surface area contributed by atoms with Crippen molar-refractivity contribution in [2.24, 2.45) is 0 Å². The van der Waals surface area contributed by atoms with Crippen LogP contribution in [0, 0.1) is 13.8 Å². The van der Waals surface area contributed by atoms with E-state index in [9.17, 15) is 8.42 Å². The summed E-state index contributed by atoms with van der Waals surface area (Å²) in [5, 5.41) is 0. The molecular weight excluding hydrogens is 400 g/mol. The van der Waals surface area contributed by atoms with Crippen LogP contribution in [-0.4, -0.2) is 87.0 Å². The minimum Gasteiger partial charge on any atom is -0.354 e. The zero-order valence-corrected chi connectivity index (χ0v) is 18.8. The molecule has 0 saturated carbocycles. The number of aromatic nitrogens is 2. The van der Waals surface area contributed by atoms with Crippen LogP contribution in [0.4, 0.5) is 11.6 Å². The summed E-state index contributed by atoms with van der Waals surface area (Å²) in [6.07, 6.45) is 1.61. The molecule has 3 heterocycles. The second-order valence-corrected chi connectivity index (χ2v) is 10.1. The Morgan fingerprint density at radius 1 is 0.767 bits per heavy atom. The van der Waals surface area contributed by atoms with Crippen LogP contribution < -0.4 is 9.80 Å². The van der Waals surface area contributed by atoms with Crippen LogP contribution >= 0.6 is 0 Å². The molecule has 9 heteroatoms. The molecule has 0 radical (unpaired) electrons. The second-order valence-electron chi connectivity index (χ2n) is 8.16. The van der Waals surface area contributed by atoms with Gasteiger partial charge in [-0.3, -0.25) is 0 Å². The summed E-state index contributed by atoms with van der Waals surface area (Å²) in [4.78, 5) is 16.0. The first kappa shape index (κ1) is 21.0. The summed E-state index contributed by atoms with van der Waals surface area (Å²) in [6.45, 7) is 10.0. The highest BCUT2D eigenvalue weighted by molar-refractivity contribution is 7.89. The summed E-state index contributed by atoms with van der Waals surface area (Å²) in [7, 11) is -1.34. The third-order valence-corrected chi connectivity index (χ3v) is 8.04. The van der Waals surface area contributed by atoms with Crippen LogP contribution in [0.1, 0.15) is 11.1 Å². The van der Waals surface area contributed by atoms with Gasteiger partial charge in [-0.15, -0.1) is 0 Å². The fraction of sp³-hybridized carbons (Fsp3) is 0.524. The SMILES string of the molecule is Cc1ccc(S(=O)(=O)N2CCN(c3cc(N4CCN(C)CC4)ncn3)CC2)cc1C. The van der Waals surface area contributed by atoms with Gasteiger partial charge < -0.3 is 14.7 Å². The monoisotopic (exact) mass is 430 g/mol. The number of benzene rings is 1. The van der Waals surface area contributed by atoms with E-state index in [1.165, 1.54) is 0 Å².